The first-order valence-corrected chi connectivity index (χ1v) is 11.1. The number of imide groups is 1. The molecule has 4 rings (SSSR count). The molecule has 0 radical (unpaired) electrons. The Balaban J connectivity index is 1.79. The molecular weight excluding hydrogens is 430 g/mol. The number of aromatic nitrogens is 1. The van der Waals surface area contributed by atoms with E-state index in [0.29, 0.717) is 53.5 Å². The number of pyridine rings is 1. The summed E-state index contributed by atoms with van der Waals surface area (Å²) in [4.78, 5) is 34.9. The first kappa shape index (κ1) is 23.0. The largest absolute Gasteiger partial charge is 0.497 e. The minimum atomic E-state index is -0.389. The summed E-state index contributed by atoms with van der Waals surface area (Å²) in [6.07, 6.45) is 4.22. The summed E-state index contributed by atoms with van der Waals surface area (Å²) in [5.74, 6) is 0.166. The Hall–Kier alpha value is -4.13. The molecule has 0 saturated heterocycles. The van der Waals surface area contributed by atoms with Crippen LogP contribution in [-0.2, 0) is 16.0 Å². The number of likely N-dealkylation sites (N-methyl/N-ethyl adjacent to an activating group) is 1. The number of carbonyl (C=O) groups excluding carboxylic acids is 2. The van der Waals surface area contributed by atoms with Crippen LogP contribution in [0.3, 0.4) is 0 Å². The summed E-state index contributed by atoms with van der Waals surface area (Å²) in [6, 6.07) is 18.3. The van der Waals surface area contributed by atoms with E-state index in [1.54, 1.807) is 30.6 Å². The number of anilines is 1. The lowest BCUT2D eigenvalue weighted by Crippen LogP contribution is -2.36. The third-order valence-corrected chi connectivity index (χ3v) is 5.87. The van der Waals surface area contributed by atoms with Crippen LogP contribution in [0, 0.1) is 0 Å². The lowest BCUT2D eigenvalue weighted by molar-refractivity contribution is -0.120. The molecule has 0 unspecified atom stereocenters. The van der Waals surface area contributed by atoms with Gasteiger partial charge in [0, 0.05) is 31.5 Å². The average molecular weight is 458 g/mol. The van der Waals surface area contributed by atoms with Gasteiger partial charge in [-0.3, -0.25) is 14.6 Å². The van der Waals surface area contributed by atoms with Crippen molar-refractivity contribution in [2.75, 3.05) is 32.2 Å². The van der Waals surface area contributed by atoms with Gasteiger partial charge in [-0.2, -0.15) is 0 Å². The molecule has 2 amide bonds. The third kappa shape index (κ3) is 4.37. The van der Waals surface area contributed by atoms with E-state index in [9.17, 15) is 9.59 Å². The summed E-state index contributed by atoms with van der Waals surface area (Å²) >= 11 is 0. The maximum absolute atomic E-state index is 13.9. The predicted molar refractivity (Wildman–Crippen MR) is 131 cm³/mol. The Morgan fingerprint density at radius 1 is 0.912 bits per heavy atom. The molecule has 7 nitrogen and oxygen atoms in total. The fourth-order valence-corrected chi connectivity index (χ4v) is 4.11. The van der Waals surface area contributed by atoms with Crippen LogP contribution in [0.1, 0.15) is 18.1 Å². The van der Waals surface area contributed by atoms with E-state index in [2.05, 4.69) is 4.98 Å². The van der Waals surface area contributed by atoms with Crippen LogP contribution in [0.15, 0.2) is 78.8 Å². The molecule has 34 heavy (non-hydrogen) atoms. The van der Waals surface area contributed by atoms with Gasteiger partial charge in [0.25, 0.3) is 11.8 Å². The van der Waals surface area contributed by atoms with Gasteiger partial charge < -0.3 is 14.4 Å². The van der Waals surface area contributed by atoms with Crippen LogP contribution in [0.25, 0.3) is 5.57 Å². The van der Waals surface area contributed by atoms with Crippen LogP contribution in [0.5, 0.6) is 11.5 Å². The number of ether oxygens (including phenoxy) is 2. The first-order chi connectivity index (χ1) is 16.6. The zero-order valence-electron chi connectivity index (χ0n) is 19.5. The second-order valence-electron chi connectivity index (χ2n) is 7.76. The highest BCUT2D eigenvalue weighted by Crippen LogP contribution is 2.40. The van der Waals surface area contributed by atoms with Crippen molar-refractivity contribution in [3.8, 4) is 11.5 Å². The fourth-order valence-electron chi connectivity index (χ4n) is 4.11. The molecule has 3 aromatic rings. The van der Waals surface area contributed by atoms with Gasteiger partial charge in [0.2, 0.25) is 0 Å². The zero-order chi connectivity index (χ0) is 24.1. The molecule has 0 fully saturated rings. The van der Waals surface area contributed by atoms with Crippen molar-refractivity contribution >= 4 is 23.1 Å². The summed E-state index contributed by atoms with van der Waals surface area (Å²) in [6.45, 7) is 3.13. The maximum Gasteiger partial charge on any atom is 0.282 e. The van der Waals surface area contributed by atoms with E-state index in [4.69, 9.17) is 9.47 Å². The van der Waals surface area contributed by atoms with Crippen molar-refractivity contribution in [3.05, 3.63) is 89.9 Å². The minimum absolute atomic E-state index is 0.352. The van der Waals surface area contributed by atoms with Gasteiger partial charge >= 0.3 is 0 Å². The van der Waals surface area contributed by atoms with Gasteiger partial charge in [0.15, 0.2) is 0 Å². The number of hydrogen-bond donors (Lipinski definition) is 0. The van der Waals surface area contributed by atoms with E-state index < -0.39 is 0 Å². The van der Waals surface area contributed by atoms with Crippen molar-refractivity contribution in [1.29, 1.82) is 0 Å². The van der Waals surface area contributed by atoms with E-state index in [0.717, 1.165) is 5.56 Å². The lowest BCUT2D eigenvalue weighted by atomic mass is 10.0. The molecule has 7 heteroatoms. The molecule has 0 N–H and O–H groups in total. The molecule has 174 valence electrons. The van der Waals surface area contributed by atoms with Crippen LogP contribution >= 0.6 is 0 Å². The zero-order valence-corrected chi connectivity index (χ0v) is 19.5. The van der Waals surface area contributed by atoms with Crippen LogP contribution < -0.4 is 14.4 Å². The molecular formula is C27H27N3O4. The molecule has 0 atom stereocenters. The third-order valence-electron chi connectivity index (χ3n) is 5.87. The summed E-state index contributed by atoms with van der Waals surface area (Å²) in [5.41, 5.74) is 2.93. The Morgan fingerprint density at radius 3 is 2.29 bits per heavy atom. The van der Waals surface area contributed by atoms with Crippen molar-refractivity contribution in [2.45, 2.75) is 13.3 Å². The molecule has 0 spiro atoms. The SMILES string of the molecule is CCN(CCc1ccncc1)C1=C(c2ccccc2)C(=O)N(c2cc(OC)ccc2OC)C1=O. The highest BCUT2D eigenvalue weighted by Gasteiger charge is 2.43. The summed E-state index contributed by atoms with van der Waals surface area (Å²) < 4.78 is 10.8. The topological polar surface area (TPSA) is 72.0 Å². The Morgan fingerprint density at radius 2 is 1.65 bits per heavy atom. The van der Waals surface area contributed by atoms with E-state index in [-0.39, 0.29) is 11.8 Å². The smallest absolute Gasteiger partial charge is 0.282 e. The monoisotopic (exact) mass is 457 g/mol. The maximum atomic E-state index is 13.9. The van der Waals surface area contributed by atoms with Gasteiger partial charge in [0.05, 0.1) is 25.5 Å². The van der Waals surface area contributed by atoms with Crippen molar-refractivity contribution in [2.24, 2.45) is 0 Å². The molecule has 1 aliphatic rings. The molecule has 1 aromatic heterocycles. The number of nitrogens with zero attached hydrogens (tertiary/aromatic N) is 3. The minimum Gasteiger partial charge on any atom is -0.497 e. The number of benzene rings is 2. The normalized spacial score (nSPS) is 13.4. The average Bonchev–Trinajstić information content (AvgIpc) is 3.14. The summed E-state index contributed by atoms with van der Waals surface area (Å²) in [5, 5.41) is 0. The Kier molecular flexibility index (Phi) is 6.92. The number of methoxy groups -OCH3 is 2. The standard InChI is InChI=1S/C27H27N3O4/c1-4-29(17-14-19-12-15-28-16-13-19)25-24(20-8-6-5-7-9-20)26(31)30(27(25)32)22-18-21(33-2)10-11-23(22)34-3/h5-13,15-16,18H,4,14,17H2,1-3H3. The number of hydrogen-bond acceptors (Lipinski definition) is 6. The van der Waals surface area contributed by atoms with Crippen molar-refractivity contribution < 1.29 is 19.1 Å². The Bertz CT molecular complexity index is 1210. The van der Waals surface area contributed by atoms with E-state index >= 15 is 0 Å². The van der Waals surface area contributed by atoms with Gasteiger partial charge in [-0.05, 0) is 48.7 Å². The highest BCUT2D eigenvalue weighted by molar-refractivity contribution is 6.45. The number of amides is 2. The second-order valence-corrected chi connectivity index (χ2v) is 7.76. The number of carbonyl (C=O) groups is 2. The lowest BCUT2D eigenvalue weighted by Gasteiger charge is -2.25. The molecule has 0 bridgehead atoms. The Labute approximate surface area is 199 Å². The quantitative estimate of drug-likeness (QED) is 0.453. The van der Waals surface area contributed by atoms with Gasteiger partial charge in [-0.1, -0.05) is 30.3 Å². The molecule has 1 aliphatic heterocycles. The molecule has 2 heterocycles. The van der Waals surface area contributed by atoms with Crippen LogP contribution in [0.2, 0.25) is 0 Å². The van der Waals surface area contributed by atoms with Gasteiger partial charge in [0.1, 0.15) is 17.2 Å². The first-order valence-electron chi connectivity index (χ1n) is 11.1. The second kappa shape index (κ2) is 10.2. The van der Waals surface area contributed by atoms with Gasteiger partial charge in [-0.15, -0.1) is 0 Å². The number of rotatable bonds is 9. The molecule has 2 aromatic carbocycles. The van der Waals surface area contributed by atoms with E-state index in [1.165, 1.54) is 19.1 Å². The van der Waals surface area contributed by atoms with Crippen LogP contribution in [-0.4, -0.2) is 49.0 Å². The van der Waals surface area contributed by atoms with Crippen molar-refractivity contribution in [1.82, 2.24) is 9.88 Å². The summed E-state index contributed by atoms with van der Waals surface area (Å²) in [7, 11) is 3.05. The molecule has 0 saturated carbocycles. The van der Waals surface area contributed by atoms with Crippen LogP contribution in [0.4, 0.5) is 5.69 Å². The fraction of sp³-hybridized carbons (Fsp3) is 0.222. The highest BCUT2D eigenvalue weighted by atomic mass is 16.5. The van der Waals surface area contributed by atoms with E-state index in [1.807, 2.05) is 54.3 Å². The predicted octanol–water partition coefficient (Wildman–Crippen LogP) is 3.95. The van der Waals surface area contributed by atoms with Gasteiger partial charge in [-0.25, -0.2) is 4.90 Å². The molecule has 0 aliphatic carbocycles. The van der Waals surface area contributed by atoms with Crippen molar-refractivity contribution in [3.63, 3.8) is 0 Å².